The molecule has 0 radical (unpaired) electrons. The molecule has 1 atom stereocenters. The number of halogens is 4. The summed E-state index contributed by atoms with van der Waals surface area (Å²) < 4.78 is 5.20. The van der Waals surface area contributed by atoms with Crippen LogP contribution in [0.2, 0.25) is 20.1 Å². The number of aromatic amines is 3. The Morgan fingerprint density at radius 1 is 0.710 bits per heavy atom. The highest BCUT2D eigenvalue weighted by Crippen LogP contribution is 2.44. The van der Waals surface area contributed by atoms with Crippen molar-refractivity contribution in [2.24, 2.45) is 0 Å². The van der Waals surface area contributed by atoms with E-state index in [4.69, 9.17) is 51.1 Å². The first-order valence-electron chi connectivity index (χ1n) is 9.24. The molecule has 0 amide bonds. The molecule has 3 aromatic heterocycles. The topological polar surface area (TPSA) is 76.8 Å². The molecule has 0 saturated carbocycles. The summed E-state index contributed by atoms with van der Waals surface area (Å²) in [7, 11) is 1.44. The van der Waals surface area contributed by atoms with Gasteiger partial charge in [-0.1, -0.05) is 46.4 Å². The van der Waals surface area contributed by atoms with Crippen LogP contribution >= 0.6 is 46.4 Å². The van der Waals surface area contributed by atoms with E-state index in [2.05, 4.69) is 15.0 Å². The molecule has 0 aliphatic carbocycles. The number of ether oxygens (including phenoxy) is 1. The smallest absolute Gasteiger partial charge is 0.196 e. The lowest BCUT2D eigenvalue weighted by atomic mass is 9.95. The maximum atomic E-state index is 10.5. The van der Waals surface area contributed by atoms with Crippen LogP contribution in [-0.4, -0.2) is 27.2 Å². The van der Waals surface area contributed by atoms with E-state index in [0.717, 1.165) is 44.1 Å². The summed E-state index contributed by atoms with van der Waals surface area (Å²) in [6.07, 6.45) is 4.41. The Hall–Kier alpha value is -2.12. The van der Waals surface area contributed by atoms with E-state index in [1.165, 1.54) is 7.11 Å². The van der Waals surface area contributed by atoms with E-state index in [1.807, 2.05) is 24.7 Å². The largest absolute Gasteiger partial charge is 0.363 e. The van der Waals surface area contributed by atoms with Crippen molar-refractivity contribution in [2.45, 2.75) is 6.29 Å². The van der Waals surface area contributed by atoms with Gasteiger partial charge in [-0.15, -0.1) is 0 Å². The van der Waals surface area contributed by atoms with Gasteiger partial charge < -0.3 is 24.8 Å². The highest BCUT2D eigenvalue weighted by molar-refractivity contribution is 6.43. The SMILES string of the molecule is COC(O)c1[nH]cc(-c2c[nH]c3cc(Cl)c(Cl)cc23)c1-c1c[nH]c2cc(Cl)c(Cl)cc12. The van der Waals surface area contributed by atoms with Crippen molar-refractivity contribution in [1.29, 1.82) is 0 Å². The van der Waals surface area contributed by atoms with E-state index in [-0.39, 0.29) is 0 Å². The molecule has 1 unspecified atom stereocenters. The molecule has 158 valence electrons. The van der Waals surface area contributed by atoms with Crippen LogP contribution in [0.5, 0.6) is 0 Å². The second-order valence-corrected chi connectivity index (χ2v) is 8.74. The van der Waals surface area contributed by atoms with Crippen LogP contribution in [0.15, 0.2) is 42.9 Å². The number of methoxy groups -OCH3 is 1. The molecule has 5 rings (SSSR count). The van der Waals surface area contributed by atoms with Crippen molar-refractivity contribution < 1.29 is 9.84 Å². The minimum atomic E-state index is -1.15. The summed E-state index contributed by atoms with van der Waals surface area (Å²) in [6.45, 7) is 0. The number of fused-ring (bicyclic) bond motifs is 2. The molecule has 0 fully saturated rings. The van der Waals surface area contributed by atoms with E-state index in [0.29, 0.717) is 25.8 Å². The van der Waals surface area contributed by atoms with Gasteiger partial charge in [-0.3, -0.25) is 0 Å². The lowest BCUT2D eigenvalue weighted by Crippen LogP contribution is -2.01. The highest BCUT2D eigenvalue weighted by Gasteiger charge is 2.24. The Morgan fingerprint density at radius 2 is 1.19 bits per heavy atom. The molecule has 4 N–H and O–H groups in total. The number of aromatic nitrogens is 3. The lowest BCUT2D eigenvalue weighted by molar-refractivity contribution is -0.0791. The normalized spacial score (nSPS) is 12.8. The molecule has 0 saturated heterocycles. The van der Waals surface area contributed by atoms with Gasteiger partial charge in [0.1, 0.15) is 0 Å². The molecule has 0 spiro atoms. The van der Waals surface area contributed by atoms with Crippen LogP contribution in [0.25, 0.3) is 44.1 Å². The zero-order valence-corrected chi connectivity index (χ0v) is 19.0. The maximum absolute atomic E-state index is 10.5. The zero-order chi connectivity index (χ0) is 21.9. The van der Waals surface area contributed by atoms with Crippen molar-refractivity contribution in [3.8, 4) is 22.3 Å². The number of aliphatic hydroxyl groups is 1. The van der Waals surface area contributed by atoms with Gasteiger partial charge in [-0.2, -0.15) is 0 Å². The quantitative estimate of drug-likeness (QED) is 0.194. The van der Waals surface area contributed by atoms with E-state index < -0.39 is 6.29 Å². The molecule has 5 aromatic rings. The number of hydrogen-bond acceptors (Lipinski definition) is 2. The minimum Gasteiger partial charge on any atom is -0.363 e. The first-order chi connectivity index (χ1) is 14.9. The first-order valence-corrected chi connectivity index (χ1v) is 10.8. The molecule has 5 nitrogen and oxygen atoms in total. The fraction of sp³-hybridized carbons (Fsp3) is 0.0909. The predicted octanol–water partition coefficient (Wildman–Crippen LogP) is 7.56. The maximum Gasteiger partial charge on any atom is 0.196 e. The summed E-state index contributed by atoms with van der Waals surface area (Å²) >= 11 is 24.9. The first kappa shape index (κ1) is 20.8. The fourth-order valence-electron chi connectivity index (χ4n) is 3.92. The van der Waals surface area contributed by atoms with Gasteiger partial charge in [0.2, 0.25) is 0 Å². The van der Waals surface area contributed by atoms with E-state index in [1.54, 1.807) is 18.2 Å². The molecular formula is C22H15Cl4N3O2. The van der Waals surface area contributed by atoms with Crippen LogP contribution in [0.4, 0.5) is 0 Å². The fourth-order valence-corrected chi connectivity index (χ4v) is 4.57. The lowest BCUT2D eigenvalue weighted by Gasteiger charge is -2.12. The number of H-pyrrole nitrogens is 3. The standard InChI is InChI=1S/C22H15Cl4N3O2/c1-31-22(30)21-20(12-7-28-19-5-17(26)15(24)3-10(12)19)13(8-29-21)11-6-27-18-4-16(25)14(23)2-9(11)18/h2-8,22,27-30H,1H3. The Labute approximate surface area is 196 Å². The summed E-state index contributed by atoms with van der Waals surface area (Å²) in [5, 5.41) is 14.1. The minimum absolute atomic E-state index is 0.439. The van der Waals surface area contributed by atoms with Crippen LogP contribution in [0.1, 0.15) is 12.0 Å². The number of benzene rings is 2. The average molecular weight is 495 g/mol. The van der Waals surface area contributed by atoms with Crippen LogP contribution < -0.4 is 0 Å². The van der Waals surface area contributed by atoms with Crippen LogP contribution in [0.3, 0.4) is 0 Å². The third-order valence-electron chi connectivity index (χ3n) is 5.39. The van der Waals surface area contributed by atoms with Crippen molar-refractivity contribution in [3.63, 3.8) is 0 Å². The molecule has 0 aliphatic heterocycles. The highest BCUT2D eigenvalue weighted by atomic mass is 35.5. The average Bonchev–Trinajstić information content (AvgIpc) is 3.45. The van der Waals surface area contributed by atoms with Gasteiger partial charge in [-0.25, -0.2) is 0 Å². The molecule has 31 heavy (non-hydrogen) atoms. The van der Waals surface area contributed by atoms with Crippen molar-refractivity contribution in [1.82, 2.24) is 15.0 Å². The van der Waals surface area contributed by atoms with Gasteiger partial charge in [0.15, 0.2) is 6.29 Å². The van der Waals surface area contributed by atoms with Crippen molar-refractivity contribution in [2.75, 3.05) is 7.11 Å². The summed E-state index contributed by atoms with van der Waals surface area (Å²) in [5.41, 5.74) is 5.53. The van der Waals surface area contributed by atoms with Gasteiger partial charge >= 0.3 is 0 Å². The van der Waals surface area contributed by atoms with Gasteiger partial charge in [0, 0.05) is 69.8 Å². The molecule has 0 aliphatic rings. The zero-order valence-electron chi connectivity index (χ0n) is 16.0. The van der Waals surface area contributed by atoms with Crippen molar-refractivity contribution in [3.05, 3.63) is 68.6 Å². The number of rotatable bonds is 4. The Bertz CT molecular complexity index is 1450. The van der Waals surface area contributed by atoms with Crippen LogP contribution in [-0.2, 0) is 4.74 Å². The second kappa shape index (κ2) is 7.78. The molecule has 9 heteroatoms. The van der Waals surface area contributed by atoms with Gasteiger partial charge in [0.25, 0.3) is 0 Å². The number of hydrogen-bond donors (Lipinski definition) is 4. The van der Waals surface area contributed by atoms with Crippen LogP contribution in [0, 0.1) is 0 Å². The monoisotopic (exact) mass is 493 g/mol. The number of nitrogens with one attached hydrogen (secondary N) is 3. The third-order valence-corrected chi connectivity index (χ3v) is 6.83. The predicted molar refractivity (Wildman–Crippen MR) is 127 cm³/mol. The van der Waals surface area contributed by atoms with Gasteiger partial charge in [0.05, 0.1) is 25.8 Å². The third kappa shape index (κ3) is 3.33. The molecule has 2 aromatic carbocycles. The van der Waals surface area contributed by atoms with Crippen molar-refractivity contribution >= 4 is 68.2 Å². The second-order valence-electron chi connectivity index (χ2n) is 7.11. The molecule has 3 heterocycles. The van der Waals surface area contributed by atoms with E-state index in [9.17, 15) is 5.11 Å². The summed E-state index contributed by atoms with van der Waals surface area (Å²) in [6, 6.07) is 7.18. The van der Waals surface area contributed by atoms with E-state index >= 15 is 0 Å². The number of aliphatic hydroxyl groups excluding tert-OH is 1. The summed E-state index contributed by atoms with van der Waals surface area (Å²) in [5.74, 6) is 0. The Balaban J connectivity index is 1.82. The molecule has 0 bridgehead atoms. The molecular weight excluding hydrogens is 480 g/mol. The Morgan fingerprint density at radius 3 is 1.77 bits per heavy atom. The Kier molecular flexibility index (Phi) is 5.21. The summed E-state index contributed by atoms with van der Waals surface area (Å²) in [4.78, 5) is 9.63. The van der Waals surface area contributed by atoms with Gasteiger partial charge in [-0.05, 0) is 24.3 Å².